The van der Waals surface area contributed by atoms with Crippen LogP contribution in [0.15, 0.2) is 48.5 Å². The van der Waals surface area contributed by atoms with Gasteiger partial charge in [-0.25, -0.2) is 4.39 Å². The standard InChI is InChI=1S/C18H20FNO2/c1-4-22-17-8-6-5-7-16(17)18(21)20(3)13(2)14-9-11-15(19)12-10-14/h5-13H,4H2,1-3H3. The van der Waals surface area contributed by atoms with Crippen LogP contribution in [0.4, 0.5) is 4.39 Å². The summed E-state index contributed by atoms with van der Waals surface area (Å²) in [6.45, 7) is 4.29. The predicted octanol–water partition coefficient (Wildman–Crippen LogP) is 4.06. The van der Waals surface area contributed by atoms with E-state index < -0.39 is 0 Å². The predicted molar refractivity (Wildman–Crippen MR) is 84.5 cm³/mol. The van der Waals surface area contributed by atoms with Crippen LogP contribution in [0.1, 0.15) is 35.8 Å². The molecular formula is C18H20FNO2. The highest BCUT2D eigenvalue weighted by molar-refractivity contribution is 5.97. The van der Waals surface area contributed by atoms with Crippen molar-refractivity contribution in [3.05, 3.63) is 65.5 Å². The summed E-state index contributed by atoms with van der Waals surface area (Å²) in [7, 11) is 1.74. The van der Waals surface area contributed by atoms with Crippen LogP contribution in [0.2, 0.25) is 0 Å². The molecule has 0 aromatic heterocycles. The maximum Gasteiger partial charge on any atom is 0.257 e. The lowest BCUT2D eigenvalue weighted by atomic mass is 10.1. The quantitative estimate of drug-likeness (QED) is 0.833. The lowest BCUT2D eigenvalue weighted by molar-refractivity contribution is 0.0738. The summed E-state index contributed by atoms with van der Waals surface area (Å²) in [5.74, 6) is 0.167. The van der Waals surface area contributed by atoms with Crippen LogP contribution >= 0.6 is 0 Å². The fourth-order valence-corrected chi connectivity index (χ4v) is 2.26. The molecule has 0 spiro atoms. The number of nitrogens with zero attached hydrogens (tertiary/aromatic N) is 1. The molecule has 0 N–H and O–H groups in total. The van der Waals surface area contributed by atoms with Gasteiger partial charge in [0.15, 0.2) is 0 Å². The third kappa shape index (κ3) is 3.45. The Morgan fingerprint density at radius 2 is 1.82 bits per heavy atom. The first-order chi connectivity index (χ1) is 10.5. The van der Waals surface area contributed by atoms with Gasteiger partial charge in [-0.2, -0.15) is 0 Å². The molecule has 0 heterocycles. The fraction of sp³-hybridized carbons (Fsp3) is 0.278. The summed E-state index contributed by atoms with van der Waals surface area (Å²) in [6, 6.07) is 13.2. The zero-order chi connectivity index (χ0) is 16.1. The van der Waals surface area contributed by atoms with E-state index in [1.54, 1.807) is 36.2 Å². The van der Waals surface area contributed by atoms with Gasteiger partial charge >= 0.3 is 0 Å². The molecule has 0 aliphatic rings. The summed E-state index contributed by atoms with van der Waals surface area (Å²) < 4.78 is 18.5. The Morgan fingerprint density at radius 3 is 2.45 bits per heavy atom. The van der Waals surface area contributed by atoms with Crippen LogP contribution in [0, 0.1) is 5.82 Å². The Morgan fingerprint density at radius 1 is 1.18 bits per heavy atom. The molecule has 0 bridgehead atoms. The van der Waals surface area contributed by atoms with Crippen LogP contribution in [-0.4, -0.2) is 24.5 Å². The molecule has 2 aromatic rings. The Hall–Kier alpha value is -2.36. The number of benzene rings is 2. The summed E-state index contributed by atoms with van der Waals surface area (Å²) in [5.41, 5.74) is 1.41. The van der Waals surface area contributed by atoms with E-state index in [-0.39, 0.29) is 17.8 Å². The number of rotatable bonds is 5. The van der Waals surface area contributed by atoms with E-state index in [1.807, 2.05) is 26.0 Å². The number of ether oxygens (including phenoxy) is 1. The number of carbonyl (C=O) groups excluding carboxylic acids is 1. The van der Waals surface area contributed by atoms with Crippen molar-refractivity contribution in [1.82, 2.24) is 4.90 Å². The number of halogens is 1. The van der Waals surface area contributed by atoms with Crippen LogP contribution < -0.4 is 4.74 Å². The molecule has 1 atom stereocenters. The minimum absolute atomic E-state index is 0.124. The normalized spacial score (nSPS) is 11.8. The van der Waals surface area contributed by atoms with Crippen LogP contribution in [0.3, 0.4) is 0 Å². The van der Waals surface area contributed by atoms with Gasteiger partial charge in [0.05, 0.1) is 18.2 Å². The van der Waals surface area contributed by atoms with Gasteiger partial charge in [-0.15, -0.1) is 0 Å². The second kappa shape index (κ2) is 7.07. The van der Waals surface area contributed by atoms with E-state index in [9.17, 15) is 9.18 Å². The van der Waals surface area contributed by atoms with E-state index in [2.05, 4.69) is 0 Å². The number of hydrogen-bond acceptors (Lipinski definition) is 2. The largest absolute Gasteiger partial charge is 0.493 e. The van der Waals surface area contributed by atoms with E-state index in [4.69, 9.17) is 4.74 Å². The van der Waals surface area contributed by atoms with Crippen LogP contribution in [0.25, 0.3) is 0 Å². The maximum atomic E-state index is 13.0. The summed E-state index contributed by atoms with van der Waals surface area (Å²) in [5, 5.41) is 0. The molecule has 1 amide bonds. The number of hydrogen-bond donors (Lipinski definition) is 0. The first kappa shape index (κ1) is 16.0. The Labute approximate surface area is 130 Å². The van der Waals surface area contributed by atoms with Gasteiger partial charge < -0.3 is 9.64 Å². The van der Waals surface area contributed by atoms with Crippen molar-refractivity contribution in [2.24, 2.45) is 0 Å². The monoisotopic (exact) mass is 301 g/mol. The first-order valence-electron chi connectivity index (χ1n) is 7.29. The third-order valence-corrected chi connectivity index (χ3v) is 3.67. The lowest BCUT2D eigenvalue weighted by Crippen LogP contribution is -2.30. The van der Waals surface area contributed by atoms with Gasteiger partial charge in [-0.05, 0) is 43.7 Å². The topological polar surface area (TPSA) is 29.5 Å². The molecule has 2 rings (SSSR count). The molecule has 0 saturated carbocycles. The minimum atomic E-state index is -0.286. The molecular weight excluding hydrogens is 281 g/mol. The third-order valence-electron chi connectivity index (χ3n) is 3.67. The molecule has 2 aromatic carbocycles. The number of para-hydroxylation sites is 1. The SMILES string of the molecule is CCOc1ccccc1C(=O)N(C)C(C)c1ccc(F)cc1. The Balaban J connectivity index is 2.23. The minimum Gasteiger partial charge on any atom is -0.493 e. The van der Waals surface area contributed by atoms with Crippen molar-refractivity contribution in [3.63, 3.8) is 0 Å². The van der Waals surface area contributed by atoms with Crippen molar-refractivity contribution in [2.75, 3.05) is 13.7 Å². The first-order valence-corrected chi connectivity index (χ1v) is 7.29. The van der Waals surface area contributed by atoms with Crippen LogP contribution in [-0.2, 0) is 0 Å². The van der Waals surface area contributed by atoms with Gasteiger partial charge in [0.2, 0.25) is 0 Å². The molecule has 0 aliphatic carbocycles. The molecule has 0 saturated heterocycles. The molecule has 22 heavy (non-hydrogen) atoms. The van der Waals surface area contributed by atoms with E-state index in [0.717, 1.165) is 5.56 Å². The van der Waals surface area contributed by atoms with E-state index in [0.29, 0.717) is 17.9 Å². The second-order valence-corrected chi connectivity index (χ2v) is 5.07. The van der Waals surface area contributed by atoms with Gasteiger partial charge in [0, 0.05) is 7.05 Å². The van der Waals surface area contributed by atoms with Crippen LogP contribution in [0.5, 0.6) is 5.75 Å². The molecule has 4 heteroatoms. The molecule has 0 aliphatic heterocycles. The molecule has 116 valence electrons. The average molecular weight is 301 g/mol. The number of amides is 1. The highest BCUT2D eigenvalue weighted by Gasteiger charge is 2.21. The van der Waals surface area contributed by atoms with Crippen molar-refractivity contribution < 1.29 is 13.9 Å². The van der Waals surface area contributed by atoms with Crippen molar-refractivity contribution in [1.29, 1.82) is 0 Å². The molecule has 0 radical (unpaired) electrons. The molecule has 0 fully saturated rings. The van der Waals surface area contributed by atoms with Gasteiger partial charge in [0.25, 0.3) is 5.91 Å². The summed E-state index contributed by atoms with van der Waals surface area (Å²) in [4.78, 5) is 14.3. The Kier molecular flexibility index (Phi) is 5.15. The van der Waals surface area contributed by atoms with Gasteiger partial charge in [0.1, 0.15) is 11.6 Å². The van der Waals surface area contributed by atoms with Crippen molar-refractivity contribution >= 4 is 5.91 Å². The highest BCUT2D eigenvalue weighted by Crippen LogP contribution is 2.25. The zero-order valence-corrected chi connectivity index (χ0v) is 13.0. The van der Waals surface area contributed by atoms with E-state index in [1.165, 1.54) is 12.1 Å². The smallest absolute Gasteiger partial charge is 0.257 e. The zero-order valence-electron chi connectivity index (χ0n) is 13.0. The molecule has 1 unspecified atom stereocenters. The molecule has 3 nitrogen and oxygen atoms in total. The lowest BCUT2D eigenvalue weighted by Gasteiger charge is -2.26. The average Bonchev–Trinajstić information content (AvgIpc) is 2.54. The van der Waals surface area contributed by atoms with Crippen molar-refractivity contribution in [3.8, 4) is 5.75 Å². The van der Waals surface area contributed by atoms with Gasteiger partial charge in [-0.1, -0.05) is 24.3 Å². The fourth-order valence-electron chi connectivity index (χ4n) is 2.26. The second-order valence-electron chi connectivity index (χ2n) is 5.07. The van der Waals surface area contributed by atoms with Gasteiger partial charge in [-0.3, -0.25) is 4.79 Å². The maximum absolute atomic E-state index is 13.0. The van der Waals surface area contributed by atoms with Crippen molar-refractivity contribution in [2.45, 2.75) is 19.9 Å². The summed E-state index contributed by atoms with van der Waals surface area (Å²) >= 11 is 0. The van der Waals surface area contributed by atoms with E-state index >= 15 is 0 Å². The summed E-state index contributed by atoms with van der Waals surface area (Å²) in [6.07, 6.45) is 0. The highest BCUT2D eigenvalue weighted by atomic mass is 19.1. The Bertz CT molecular complexity index is 640. The number of carbonyl (C=O) groups is 1.